The van der Waals surface area contributed by atoms with E-state index in [1.54, 1.807) is 12.1 Å². The Balaban J connectivity index is 1.54. The predicted octanol–water partition coefficient (Wildman–Crippen LogP) is 5.10. The average molecular weight is 380 g/mol. The van der Waals surface area contributed by atoms with Gasteiger partial charge < -0.3 is 9.84 Å². The second-order valence-electron chi connectivity index (χ2n) is 6.99. The van der Waals surface area contributed by atoms with Crippen LogP contribution < -0.4 is 4.74 Å². The molecule has 0 bridgehead atoms. The largest absolute Gasteiger partial charge is 0.486 e. The van der Waals surface area contributed by atoms with E-state index < -0.39 is 35.5 Å². The Bertz CT molecular complexity index is 907. The van der Waals surface area contributed by atoms with E-state index in [0.717, 1.165) is 6.07 Å². The number of rotatable bonds is 4. The molecule has 0 radical (unpaired) electrons. The van der Waals surface area contributed by atoms with Gasteiger partial charge in [0.25, 0.3) is 0 Å². The zero-order valence-corrected chi connectivity index (χ0v) is 14.1. The maximum absolute atomic E-state index is 14.3. The van der Waals surface area contributed by atoms with Gasteiger partial charge in [0.2, 0.25) is 0 Å². The van der Waals surface area contributed by atoms with Crippen LogP contribution in [0.3, 0.4) is 0 Å². The molecule has 2 aliphatic rings. The minimum Gasteiger partial charge on any atom is -0.486 e. The van der Waals surface area contributed by atoms with Gasteiger partial charge in [0.05, 0.1) is 11.5 Å². The standard InChI is InChI=1S/C20H16F4O3/c21-17-8-10(4-5-12(17)14-9-15(14)19(25)26)27-18-7-6-11-13(18)2-1-3-16(11)20(22,23)24/h1-5,8,14-15,18H,6-7,9H2,(H,25,26)/t14?,15?,18-/m1/s1. The molecule has 1 saturated carbocycles. The predicted molar refractivity (Wildman–Crippen MR) is 88.0 cm³/mol. The van der Waals surface area contributed by atoms with Crippen molar-refractivity contribution in [1.82, 2.24) is 0 Å². The van der Waals surface area contributed by atoms with Crippen molar-refractivity contribution in [3.05, 3.63) is 64.5 Å². The van der Waals surface area contributed by atoms with Crippen LogP contribution >= 0.6 is 0 Å². The molecule has 2 aliphatic carbocycles. The number of alkyl halides is 3. The number of fused-ring (bicyclic) bond motifs is 1. The molecule has 2 aromatic carbocycles. The van der Waals surface area contributed by atoms with Crippen LogP contribution in [-0.2, 0) is 17.4 Å². The number of hydrogen-bond acceptors (Lipinski definition) is 2. The summed E-state index contributed by atoms with van der Waals surface area (Å²) in [7, 11) is 0. The van der Waals surface area contributed by atoms with Crippen LogP contribution in [0.4, 0.5) is 17.6 Å². The number of aliphatic carboxylic acids is 1. The highest BCUT2D eigenvalue weighted by atomic mass is 19.4. The van der Waals surface area contributed by atoms with E-state index in [1.165, 1.54) is 18.2 Å². The summed E-state index contributed by atoms with van der Waals surface area (Å²) in [6.45, 7) is 0. The number of halogens is 4. The number of carbonyl (C=O) groups is 1. The minimum absolute atomic E-state index is 0.221. The van der Waals surface area contributed by atoms with Crippen molar-refractivity contribution in [2.24, 2.45) is 5.92 Å². The molecule has 0 heterocycles. The topological polar surface area (TPSA) is 46.5 Å². The Hall–Kier alpha value is -2.57. The summed E-state index contributed by atoms with van der Waals surface area (Å²) >= 11 is 0. The van der Waals surface area contributed by atoms with Crippen molar-refractivity contribution in [2.75, 3.05) is 0 Å². The van der Waals surface area contributed by atoms with E-state index in [4.69, 9.17) is 9.84 Å². The molecule has 3 nitrogen and oxygen atoms in total. The van der Waals surface area contributed by atoms with E-state index in [-0.39, 0.29) is 23.7 Å². The summed E-state index contributed by atoms with van der Waals surface area (Å²) in [5.41, 5.74) is 0.388. The summed E-state index contributed by atoms with van der Waals surface area (Å²) in [6.07, 6.45) is -3.95. The highest BCUT2D eigenvalue weighted by molar-refractivity contribution is 5.75. The quantitative estimate of drug-likeness (QED) is 0.751. The van der Waals surface area contributed by atoms with Gasteiger partial charge in [-0.25, -0.2) is 4.39 Å². The molecule has 142 valence electrons. The minimum atomic E-state index is -4.42. The van der Waals surface area contributed by atoms with Gasteiger partial charge in [0.15, 0.2) is 0 Å². The van der Waals surface area contributed by atoms with Gasteiger partial charge in [-0.2, -0.15) is 13.2 Å². The van der Waals surface area contributed by atoms with Gasteiger partial charge in [0, 0.05) is 12.0 Å². The molecule has 2 aromatic rings. The van der Waals surface area contributed by atoms with Crippen LogP contribution in [0.25, 0.3) is 0 Å². The summed E-state index contributed by atoms with van der Waals surface area (Å²) < 4.78 is 59.5. The molecule has 0 aliphatic heterocycles. The van der Waals surface area contributed by atoms with E-state index in [1.807, 2.05) is 0 Å². The van der Waals surface area contributed by atoms with E-state index in [0.29, 0.717) is 24.0 Å². The van der Waals surface area contributed by atoms with E-state index in [9.17, 15) is 22.4 Å². The lowest BCUT2D eigenvalue weighted by Gasteiger charge is -2.17. The molecule has 1 fully saturated rings. The molecule has 0 amide bonds. The average Bonchev–Trinajstić information content (AvgIpc) is 3.29. The normalized spacial score (nSPS) is 23.8. The first-order valence-corrected chi connectivity index (χ1v) is 8.63. The Morgan fingerprint density at radius 2 is 1.93 bits per heavy atom. The molecule has 0 saturated heterocycles. The molecule has 3 atom stereocenters. The maximum Gasteiger partial charge on any atom is 0.416 e. The summed E-state index contributed by atoms with van der Waals surface area (Å²) in [5, 5.41) is 8.97. The van der Waals surface area contributed by atoms with Crippen LogP contribution in [0.5, 0.6) is 5.75 Å². The fraction of sp³-hybridized carbons (Fsp3) is 0.350. The third-order valence-corrected chi connectivity index (χ3v) is 5.28. The Morgan fingerprint density at radius 1 is 1.15 bits per heavy atom. The number of ether oxygens (including phenoxy) is 1. The lowest BCUT2D eigenvalue weighted by molar-refractivity contribution is -0.139. The van der Waals surface area contributed by atoms with Crippen LogP contribution in [0.1, 0.15) is 47.1 Å². The monoisotopic (exact) mass is 380 g/mol. The SMILES string of the molecule is O=C(O)C1CC1c1ccc(O[C@@H]2CCc3c2cccc3C(F)(F)F)cc1F. The number of carboxylic acids is 1. The fourth-order valence-electron chi connectivity index (χ4n) is 3.86. The second kappa shape index (κ2) is 6.25. The van der Waals surface area contributed by atoms with E-state index >= 15 is 0 Å². The number of carboxylic acid groups (broad SMARTS) is 1. The number of benzene rings is 2. The highest BCUT2D eigenvalue weighted by Gasteiger charge is 2.45. The molecular weight excluding hydrogens is 364 g/mol. The Kier molecular flexibility index (Phi) is 4.13. The summed E-state index contributed by atoms with van der Waals surface area (Å²) in [6, 6.07) is 8.24. The zero-order chi connectivity index (χ0) is 19.3. The number of hydrogen-bond donors (Lipinski definition) is 1. The van der Waals surface area contributed by atoms with Crippen molar-refractivity contribution >= 4 is 5.97 Å². The van der Waals surface area contributed by atoms with Crippen molar-refractivity contribution < 1.29 is 32.2 Å². The van der Waals surface area contributed by atoms with Gasteiger partial charge in [-0.05, 0) is 48.1 Å². The fourth-order valence-corrected chi connectivity index (χ4v) is 3.86. The molecule has 0 aromatic heterocycles. The van der Waals surface area contributed by atoms with Gasteiger partial charge in [-0.1, -0.05) is 18.2 Å². The molecule has 2 unspecified atom stereocenters. The third kappa shape index (κ3) is 3.26. The van der Waals surface area contributed by atoms with Crippen LogP contribution in [-0.4, -0.2) is 11.1 Å². The smallest absolute Gasteiger partial charge is 0.416 e. The second-order valence-corrected chi connectivity index (χ2v) is 6.99. The first kappa shape index (κ1) is 17.8. The van der Waals surface area contributed by atoms with Crippen LogP contribution in [0, 0.1) is 11.7 Å². The van der Waals surface area contributed by atoms with Crippen molar-refractivity contribution in [2.45, 2.75) is 37.5 Å². The Labute approximate surface area is 152 Å². The van der Waals surface area contributed by atoms with Gasteiger partial charge in [0.1, 0.15) is 17.7 Å². The zero-order valence-electron chi connectivity index (χ0n) is 14.1. The molecule has 1 N–H and O–H groups in total. The van der Waals surface area contributed by atoms with Gasteiger partial charge >= 0.3 is 12.1 Å². The highest BCUT2D eigenvalue weighted by Crippen LogP contribution is 2.49. The molecule has 4 rings (SSSR count). The van der Waals surface area contributed by atoms with Crippen molar-refractivity contribution in [3.63, 3.8) is 0 Å². The third-order valence-electron chi connectivity index (χ3n) is 5.28. The molecule has 7 heteroatoms. The lowest BCUT2D eigenvalue weighted by atomic mass is 10.0. The molecule has 0 spiro atoms. The van der Waals surface area contributed by atoms with Gasteiger partial charge in [-0.3, -0.25) is 4.79 Å². The first-order chi connectivity index (χ1) is 12.8. The summed E-state index contributed by atoms with van der Waals surface area (Å²) in [5.74, 6) is -2.17. The van der Waals surface area contributed by atoms with E-state index in [2.05, 4.69) is 0 Å². The van der Waals surface area contributed by atoms with Crippen molar-refractivity contribution in [3.8, 4) is 5.75 Å². The lowest BCUT2D eigenvalue weighted by Crippen LogP contribution is -2.10. The first-order valence-electron chi connectivity index (χ1n) is 8.63. The Morgan fingerprint density at radius 3 is 2.56 bits per heavy atom. The van der Waals surface area contributed by atoms with Crippen LogP contribution in [0.2, 0.25) is 0 Å². The van der Waals surface area contributed by atoms with Crippen molar-refractivity contribution in [1.29, 1.82) is 0 Å². The molecule has 27 heavy (non-hydrogen) atoms. The summed E-state index contributed by atoms with van der Waals surface area (Å²) in [4.78, 5) is 10.9. The van der Waals surface area contributed by atoms with Gasteiger partial charge in [-0.15, -0.1) is 0 Å². The van der Waals surface area contributed by atoms with Crippen LogP contribution in [0.15, 0.2) is 36.4 Å². The maximum atomic E-state index is 14.3. The molecular formula is C20H16F4O3.